The Bertz CT molecular complexity index is 1900. The number of thioether (sulfide) groups is 1. The minimum absolute atomic E-state index is 0.0211. The van der Waals surface area contributed by atoms with Crippen molar-refractivity contribution in [2.75, 3.05) is 19.1 Å². The topological polar surface area (TPSA) is 102 Å². The first-order chi connectivity index (χ1) is 20.9. The lowest BCUT2D eigenvalue weighted by Gasteiger charge is -2.23. The molecule has 1 amide bonds. The summed E-state index contributed by atoms with van der Waals surface area (Å²) in [6.45, 7) is 0. The van der Waals surface area contributed by atoms with Crippen molar-refractivity contribution in [1.82, 2.24) is 10.2 Å². The van der Waals surface area contributed by atoms with Gasteiger partial charge in [0.15, 0.2) is 15.9 Å². The van der Waals surface area contributed by atoms with Crippen LogP contribution in [0.1, 0.15) is 22.7 Å². The van der Waals surface area contributed by atoms with E-state index in [0.29, 0.717) is 21.4 Å². The molecule has 0 radical (unpaired) electrons. The second kappa shape index (κ2) is 11.9. The molecule has 1 saturated heterocycles. The Morgan fingerprint density at radius 3 is 2.56 bits per heavy atom. The third-order valence-corrected chi connectivity index (χ3v) is 9.22. The van der Waals surface area contributed by atoms with Gasteiger partial charge in [-0.2, -0.15) is 0 Å². The van der Waals surface area contributed by atoms with Gasteiger partial charge < -0.3 is 14.6 Å². The van der Waals surface area contributed by atoms with Gasteiger partial charge in [-0.25, -0.2) is 4.39 Å². The molecule has 5 aromatic rings. The third-order valence-electron chi connectivity index (χ3n) is 7.11. The highest BCUT2D eigenvalue weighted by molar-refractivity contribution is 8.00. The Labute approximate surface area is 254 Å². The first-order valence-electron chi connectivity index (χ1n) is 13.1. The maximum absolute atomic E-state index is 14.6. The van der Waals surface area contributed by atoms with Gasteiger partial charge in [0.1, 0.15) is 11.5 Å². The number of carbonyl (C=O) groups is 2. The van der Waals surface area contributed by atoms with Gasteiger partial charge in [0.05, 0.1) is 25.8 Å². The summed E-state index contributed by atoms with van der Waals surface area (Å²) in [4.78, 5) is 28.2. The molecule has 2 heterocycles. The molecule has 0 unspecified atom stereocenters. The maximum Gasteiger partial charge on any atom is 0.301 e. The zero-order chi connectivity index (χ0) is 30.1. The molecule has 0 spiro atoms. The van der Waals surface area contributed by atoms with E-state index in [4.69, 9.17) is 9.47 Å². The molecular weight excluding hydrogens is 590 g/mol. The van der Waals surface area contributed by atoms with Gasteiger partial charge in [-0.05, 0) is 52.2 Å². The van der Waals surface area contributed by atoms with Crippen molar-refractivity contribution in [3.63, 3.8) is 0 Å². The lowest BCUT2D eigenvalue weighted by molar-refractivity contribution is -0.132. The van der Waals surface area contributed by atoms with E-state index in [9.17, 15) is 19.1 Å². The lowest BCUT2D eigenvalue weighted by Crippen LogP contribution is -2.29. The van der Waals surface area contributed by atoms with E-state index in [1.54, 1.807) is 24.3 Å². The molecule has 0 saturated carbocycles. The van der Waals surface area contributed by atoms with Crippen LogP contribution in [-0.4, -0.2) is 41.2 Å². The Morgan fingerprint density at radius 2 is 1.77 bits per heavy atom. The average molecular weight is 614 g/mol. The normalized spacial score (nSPS) is 16.2. The molecule has 8 nitrogen and oxygen atoms in total. The summed E-state index contributed by atoms with van der Waals surface area (Å²) < 4.78 is 25.5. The number of rotatable bonds is 8. The van der Waals surface area contributed by atoms with E-state index >= 15 is 0 Å². The van der Waals surface area contributed by atoms with Crippen molar-refractivity contribution < 1.29 is 28.6 Å². The van der Waals surface area contributed by atoms with Crippen molar-refractivity contribution >= 4 is 56.5 Å². The molecule has 11 heteroatoms. The van der Waals surface area contributed by atoms with Crippen LogP contribution >= 0.6 is 23.1 Å². The number of benzene rings is 4. The van der Waals surface area contributed by atoms with Crippen LogP contribution in [0.2, 0.25) is 0 Å². The fourth-order valence-corrected chi connectivity index (χ4v) is 6.91. The predicted octanol–water partition coefficient (Wildman–Crippen LogP) is 6.77. The van der Waals surface area contributed by atoms with Crippen molar-refractivity contribution in [2.45, 2.75) is 16.1 Å². The van der Waals surface area contributed by atoms with Crippen LogP contribution in [0.25, 0.3) is 16.5 Å². The molecular formula is C32H24FN3O5S2. The summed E-state index contributed by atoms with van der Waals surface area (Å²) in [6, 6.07) is 23.8. The molecule has 1 aliphatic rings. The number of anilines is 1. The smallest absolute Gasteiger partial charge is 0.301 e. The number of aliphatic hydroxyl groups excluding tert-OH is 1. The minimum Gasteiger partial charge on any atom is -0.507 e. The van der Waals surface area contributed by atoms with Crippen LogP contribution in [0, 0.1) is 5.82 Å². The van der Waals surface area contributed by atoms with Gasteiger partial charge >= 0.3 is 5.91 Å². The van der Waals surface area contributed by atoms with Gasteiger partial charge in [0.2, 0.25) is 5.13 Å². The third kappa shape index (κ3) is 5.33. The Morgan fingerprint density at radius 1 is 0.977 bits per heavy atom. The number of Topliss-reactive ketones (excluding diaryl/α,β-unsaturated/α-hetero) is 1. The van der Waals surface area contributed by atoms with Crippen molar-refractivity contribution in [1.29, 1.82) is 0 Å². The zero-order valence-electron chi connectivity index (χ0n) is 23.0. The van der Waals surface area contributed by atoms with Gasteiger partial charge in [-0.3, -0.25) is 14.5 Å². The highest BCUT2D eigenvalue weighted by Crippen LogP contribution is 2.45. The number of fused-ring (bicyclic) bond motifs is 1. The molecule has 1 aliphatic heterocycles. The summed E-state index contributed by atoms with van der Waals surface area (Å²) in [5, 5.41) is 22.4. The number of aliphatic hydroxyl groups is 1. The lowest BCUT2D eigenvalue weighted by atomic mass is 9.95. The van der Waals surface area contributed by atoms with E-state index in [1.165, 1.54) is 54.4 Å². The summed E-state index contributed by atoms with van der Waals surface area (Å²) in [5.74, 6) is -1.98. The van der Waals surface area contributed by atoms with E-state index in [1.807, 2.05) is 18.2 Å². The monoisotopic (exact) mass is 613 g/mol. The number of methoxy groups -OCH3 is 2. The van der Waals surface area contributed by atoms with Crippen LogP contribution in [0.3, 0.4) is 0 Å². The molecule has 0 bridgehead atoms. The molecule has 4 aromatic carbocycles. The number of aromatic nitrogens is 2. The van der Waals surface area contributed by atoms with Gasteiger partial charge in [-0.1, -0.05) is 77.7 Å². The van der Waals surface area contributed by atoms with Gasteiger partial charge in [-0.15, -0.1) is 10.2 Å². The molecule has 6 rings (SSSR count). The molecule has 1 fully saturated rings. The Hall–Kier alpha value is -4.74. The number of ketones is 1. The second-order valence-corrected chi connectivity index (χ2v) is 11.8. The molecule has 1 atom stereocenters. The first kappa shape index (κ1) is 28.4. The molecule has 1 aromatic heterocycles. The Balaban J connectivity index is 1.39. The van der Waals surface area contributed by atoms with Crippen molar-refractivity contribution in [3.8, 4) is 11.5 Å². The standard InChI is InChI=1S/C32H24FN3O5S2/c1-40-22-11-6-9-19(15-22)27-26(28(37)20-13-14-25(41-2)24(33)16-20)29(38)30(39)36(27)31-34-35-32(43-31)42-17-21-10-5-8-18-7-3-4-12-23(18)21/h3-16,27,37H,17H2,1-2H3/t27-/m1/s1. The SMILES string of the molecule is COc1cccc([C@@H]2C(=C(O)c3ccc(OC)c(F)c3)C(=O)C(=O)N2c2nnc(SCc3cccc4ccccc34)s2)c1. The van der Waals surface area contributed by atoms with Crippen LogP contribution in [0.4, 0.5) is 9.52 Å². The second-order valence-electron chi connectivity index (χ2n) is 9.57. The largest absolute Gasteiger partial charge is 0.507 e. The predicted molar refractivity (Wildman–Crippen MR) is 164 cm³/mol. The number of hydrogen-bond acceptors (Lipinski definition) is 9. The number of halogens is 1. The highest BCUT2D eigenvalue weighted by atomic mass is 32.2. The Kier molecular flexibility index (Phi) is 7.83. The molecule has 43 heavy (non-hydrogen) atoms. The van der Waals surface area contributed by atoms with Crippen molar-refractivity contribution in [3.05, 3.63) is 113 Å². The number of ether oxygens (including phenoxy) is 2. The van der Waals surface area contributed by atoms with Crippen LogP contribution in [-0.2, 0) is 15.3 Å². The van der Waals surface area contributed by atoms with Gasteiger partial charge in [0, 0.05) is 11.3 Å². The number of carbonyl (C=O) groups excluding carboxylic acids is 2. The van der Waals surface area contributed by atoms with Crippen LogP contribution in [0.15, 0.2) is 94.8 Å². The summed E-state index contributed by atoms with van der Waals surface area (Å²) in [5.41, 5.74) is 1.44. The maximum atomic E-state index is 14.6. The minimum atomic E-state index is -1.07. The van der Waals surface area contributed by atoms with E-state index in [0.717, 1.165) is 22.4 Å². The van der Waals surface area contributed by atoms with E-state index < -0.39 is 29.3 Å². The average Bonchev–Trinajstić information content (AvgIpc) is 3.61. The summed E-state index contributed by atoms with van der Waals surface area (Å²) in [6.07, 6.45) is 0. The molecule has 216 valence electrons. The highest BCUT2D eigenvalue weighted by Gasteiger charge is 2.48. The van der Waals surface area contributed by atoms with E-state index in [2.05, 4.69) is 34.5 Å². The number of amides is 1. The fourth-order valence-electron chi connectivity index (χ4n) is 5.04. The van der Waals surface area contributed by atoms with Crippen LogP contribution in [0.5, 0.6) is 11.5 Å². The fraction of sp³-hybridized carbons (Fsp3) is 0.125. The number of hydrogen-bond donors (Lipinski definition) is 1. The summed E-state index contributed by atoms with van der Waals surface area (Å²) in [7, 11) is 2.82. The van der Waals surface area contributed by atoms with E-state index in [-0.39, 0.29) is 22.0 Å². The number of nitrogens with zero attached hydrogens (tertiary/aromatic N) is 3. The quantitative estimate of drug-likeness (QED) is 0.0673. The van der Waals surface area contributed by atoms with Crippen molar-refractivity contribution in [2.24, 2.45) is 0 Å². The zero-order valence-corrected chi connectivity index (χ0v) is 24.6. The summed E-state index contributed by atoms with van der Waals surface area (Å²) >= 11 is 2.64. The molecule has 0 aliphatic carbocycles. The molecule has 1 N–H and O–H groups in total. The van der Waals surface area contributed by atoms with Gasteiger partial charge in [0.25, 0.3) is 5.78 Å². The van der Waals surface area contributed by atoms with Crippen LogP contribution < -0.4 is 14.4 Å². The first-order valence-corrected chi connectivity index (χ1v) is 14.9.